The highest BCUT2D eigenvalue weighted by molar-refractivity contribution is 6.31. The molecule has 1 N–H and O–H groups in total. The van der Waals surface area contributed by atoms with Crippen LogP contribution >= 0.6 is 11.6 Å². The van der Waals surface area contributed by atoms with Crippen LogP contribution in [0.15, 0.2) is 48.7 Å². The molecule has 0 radical (unpaired) electrons. The average Bonchev–Trinajstić information content (AvgIpc) is 2.63. The largest absolute Gasteiger partial charge is 0.488 e. The molecule has 2 aromatic carbocycles. The molecule has 0 aliphatic rings. The van der Waals surface area contributed by atoms with Gasteiger partial charge >= 0.3 is 0 Å². The van der Waals surface area contributed by atoms with E-state index in [0.717, 1.165) is 0 Å². The molecule has 0 bridgehead atoms. The number of benzene rings is 2. The second-order valence-electron chi connectivity index (χ2n) is 6.21. The van der Waals surface area contributed by atoms with Crippen LogP contribution < -0.4 is 9.47 Å². The van der Waals surface area contributed by atoms with E-state index in [1.807, 2.05) is 0 Å². The van der Waals surface area contributed by atoms with E-state index in [2.05, 4.69) is 9.97 Å². The Hall–Kier alpha value is -2.70. The lowest BCUT2D eigenvalue weighted by Crippen LogP contribution is -2.30. The Morgan fingerprint density at radius 1 is 1.15 bits per heavy atom. The zero-order valence-electron chi connectivity index (χ0n) is 14.9. The predicted molar refractivity (Wildman–Crippen MR) is 102 cm³/mol. The summed E-state index contributed by atoms with van der Waals surface area (Å²) in [6.07, 6.45) is 0.246. The predicted octanol–water partition coefficient (Wildman–Crippen LogP) is 4.18. The van der Waals surface area contributed by atoms with E-state index in [9.17, 15) is 9.90 Å². The zero-order valence-corrected chi connectivity index (χ0v) is 15.7. The molecule has 0 saturated carbocycles. The lowest BCUT2D eigenvalue weighted by Gasteiger charge is -2.19. The third-order valence-corrected chi connectivity index (χ3v) is 4.12. The number of hydrogen-bond donors (Lipinski definition) is 1. The van der Waals surface area contributed by atoms with Gasteiger partial charge in [-0.15, -0.1) is 0 Å². The van der Waals surface area contributed by atoms with Crippen LogP contribution in [0, 0.1) is 0 Å². The maximum atomic E-state index is 11.1. The van der Waals surface area contributed by atoms with Gasteiger partial charge in [0.25, 0.3) is 0 Å². The van der Waals surface area contributed by atoms with Crippen molar-refractivity contribution in [3.8, 4) is 17.4 Å². The number of rotatable bonds is 7. The third-order valence-electron chi connectivity index (χ3n) is 3.89. The van der Waals surface area contributed by atoms with Gasteiger partial charge in [-0.3, -0.25) is 4.79 Å². The fourth-order valence-corrected chi connectivity index (χ4v) is 2.64. The number of halogens is 1. The number of aliphatic hydroxyl groups excluding tert-OH is 1. The van der Waals surface area contributed by atoms with E-state index >= 15 is 0 Å². The first kappa shape index (κ1) is 19.1. The minimum absolute atomic E-state index is 0.0637. The summed E-state index contributed by atoms with van der Waals surface area (Å²) in [7, 11) is 0. The van der Waals surface area contributed by atoms with Gasteiger partial charge in [-0.25, -0.2) is 9.97 Å². The van der Waals surface area contributed by atoms with Crippen LogP contribution in [0.4, 0.5) is 0 Å². The second kappa shape index (κ2) is 8.33. The first-order chi connectivity index (χ1) is 12.9. The number of nitrogens with zero attached hydrogens (tertiary/aromatic N) is 2. The summed E-state index contributed by atoms with van der Waals surface area (Å²) in [5, 5.41) is 10.5. The van der Waals surface area contributed by atoms with E-state index < -0.39 is 12.2 Å². The van der Waals surface area contributed by atoms with Crippen LogP contribution in [-0.2, 0) is 4.79 Å². The van der Waals surface area contributed by atoms with Gasteiger partial charge in [0.2, 0.25) is 5.88 Å². The smallest absolute Gasteiger partial charge is 0.238 e. The molecular formula is C20H19ClN2O4. The van der Waals surface area contributed by atoms with Crippen LogP contribution in [-0.4, -0.2) is 33.1 Å². The maximum absolute atomic E-state index is 11.1. The first-order valence-electron chi connectivity index (χ1n) is 8.45. The summed E-state index contributed by atoms with van der Waals surface area (Å²) >= 11 is 5.94. The summed E-state index contributed by atoms with van der Waals surface area (Å²) < 4.78 is 11.4. The highest BCUT2D eigenvalue weighted by Crippen LogP contribution is 2.25. The highest BCUT2D eigenvalue weighted by Gasteiger charge is 2.17. The van der Waals surface area contributed by atoms with E-state index in [-0.39, 0.29) is 12.2 Å². The Kier molecular flexibility index (Phi) is 5.88. The Balaban J connectivity index is 1.65. The molecule has 27 heavy (non-hydrogen) atoms. The Morgan fingerprint density at radius 2 is 1.85 bits per heavy atom. The molecule has 7 heteroatoms. The van der Waals surface area contributed by atoms with Crippen molar-refractivity contribution >= 4 is 28.4 Å². The molecule has 0 fully saturated rings. The number of ketones is 1. The number of hydrogen-bond acceptors (Lipinski definition) is 6. The van der Waals surface area contributed by atoms with Crippen molar-refractivity contribution < 1.29 is 19.4 Å². The Bertz CT molecular complexity index is 946. The standard InChI is InChI=1S/C20H19ClN2O4/c1-12(24)9-19(25)13(2)26-15-4-6-16(7-5-15)27-20-11-22-18-10-14(21)3-8-17(18)23-20/h3-8,10-11,13,19,25H,9H2,1-2H3. The molecule has 3 rings (SSSR count). The lowest BCUT2D eigenvalue weighted by atomic mass is 10.1. The number of ether oxygens (including phenoxy) is 2. The SMILES string of the molecule is CC(=O)CC(O)C(C)Oc1ccc(Oc2cnc3cc(Cl)ccc3n2)cc1. The van der Waals surface area contributed by atoms with Crippen LogP contribution in [0.5, 0.6) is 17.4 Å². The number of carbonyl (C=O) groups is 1. The molecule has 2 atom stereocenters. The number of aromatic nitrogens is 2. The molecule has 6 nitrogen and oxygen atoms in total. The van der Waals surface area contributed by atoms with Gasteiger partial charge in [-0.1, -0.05) is 11.6 Å². The molecule has 0 saturated heterocycles. The number of fused-ring (bicyclic) bond motifs is 1. The summed E-state index contributed by atoms with van der Waals surface area (Å²) in [4.78, 5) is 19.8. The van der Waals surface area contributed by atoms with Crippen LogP contribution in [0.2, 0.25) is 5.02 Å². The van der Waals surface area contributed by atoms with Gasteiger partial charge < -0.3 is 14.6 Å². The van der Waals surface area contributed by atoms with Crippen molar-refractivity contribution in [1.29, 1.82) is 0 Å². The Labute approximate surface area is 161 Å². The number of Topliss-reactive ketones (excluding diaryl/α,β-unsaturated/α-hetero) is 1. The molecular weight excluding hydrogens is 368 g/mol. The normalized spacial score (nSPS) is 13.2. The number of carbonyl (C=O) groups excluding carboxylic acids is 1. The van der Waals surface area contributed by atoms with Crippen molar-refractivity contribution in [3.05, 3.63) is 53.7 Å². The second-order valence-corrected chi connectivity index (χ2v) is 6.65. The third kappa shape index (κ3) is 5.15. The molecule has 3 aromatic rings. The fraction of sp³-hybridized carbons (Fsp3) is 0.250. The van der Waals surface area contributed by atoms with Crippen molar-refractivity contribution in [2.24, 2.45) is 0 Å². The molecule has 1 heterocycles. The summed E-state index contributed by atoms with van der Waals surface area (Å²) in [6.45, 7) is 3.15. The Morgan fingerprint density at radius 3 is 2.56 bits per heavy atom. The molecule has 1 aromatic heterocycles. The minimum Gasteiger partial charge on any atom is -0.488 e. The van der Waals surface area contributed by atoms with E-state index in [0.29, 0.717) is 33.4 Å². The molecule has 140 valence electrons. The number of aliphatic hydroxyl groups is 1. The molecule has 0 aliphatic carbocycles. The molecule has 0 spiro atoms. The highest BCUT2D eigenvalue weighted by atomic mass is 35.5. The lowest BCUT2D eigenvalue weighted by molar-refractivity contribution is -0.120. The summed E-state index contributed by atoms with van der Waals surface area (Å²) in [5.74, 6) is 1.42. The van der Waals surface area contributed by atoms with Gasteiger partial charge in [-0.05, 0) is 56.3 Å². The van der Waals surface area contributed by atoms with Crippen molar-refractivity contribution in [3.63, 3.8) is 0 Å². The first-order valence-corrected chi connectivity index (χ1v) is 8.83. The van der Waals surface area contributed by atoms with Gasteiger partial charge in [-0.2, -0.15) is 0 Å². The minimum atomic E-state index is -0.847. The zero-order chi connectivity index (χ0) is 19.4. The maximum Gasteiger partial charge on any atom is 0.238 e. The van der Waals surface area contributed by atoms with Crippen molar-refractivity contribution in [2.75, 3.05) is 0 Å². The average molecular weight is 387 g/mol. The van der Waals surface area contributed by atoms with Crippen LogP contribution in [0.1, 0.15) is 20.3 Å². The van der Waals surface area contributed by atoms with Gasteiger partial charge in [0.15, 0.2) is 0 Å². The molecule has 0 aliphatic heterocycles. The van der Waals surface area contributed by atoms with E-state index in [4.69, 9.17) is 21.1 Å². The topological polar surface area (TPSA) is 81.5 Å². The van der Waals surface area contributed by atoms with Crippen molar-refractivity contribution in [1.82, 2.24) is 9.97 Å². The van der Waals surface area contributed by atoms with Crippen LogP contribution in [0.25, 0.3) is 11.0 Å². The quantitative estimate of drug-likeness (QED) is 0.655. The monoisotopic (exact) mass is 386 g/mol. The van der Waals surface area contributed by atoms with Gasteiger partial charge in [0.1, 0.15) is 23.4 Å². The van der Waals surface area contributed by atoms with E-state index in [1.165, 1.54) is 13.1 Å². The van der Waals surface area contributed by atoms with Crippen molar-refractivity contribution in [2.45, 2.75) is 32.5 Å². The molecule has 0 amide bonds. The fourth-order valence-electron chi connectivity index (χ4n) is 2.48. The van der Waals surface area contributed by atoms with Gasteiger partial charge in [0.05, 0.1) is 23.3 Å². The molecule has 2 unspecified atom stereocenters. The summed E-state index contributed by atoms with van der Waals surface area (Å²) in [5.41, 5.74) is 1.38. The van der Waals surface area contributed by atoms with Gasteiger partial charge in [0, 0.05) is 11.4 Å². The summed E-state index contributed by atoms with van der Waals surface area (Å²) in [6, 6.07) is 12.2. The van der Waals surface area contributed by atoms with Crippen LogP contribution in [0.3, 0.4) is 0 Å². The van der Waals surface area contributed by atoms with E-state index in [1.54, 1.807) is 49.4 Å².